The summed E-state index contributed by atoms with van der Waals surface area (Å²) in [5, 5.41) is 0.578. The lowest BCUT2D eigenvalue weighted by Gasteiger charge is -2.33. The molecule has 5 nitrogen and oxygen atoms in total. The Morgan fingerprint density at radius 2 is 2.22 bits per heavy atom. The van der Waals surface area contributed by atoms with Gasteiger partial charge in [0.25, 0.3) is 0 Å². The maximum Gasteiger partial charge on any atom is 0.410 e. The summed E-state index contributed by atoms with van der Waals surface area (Å²) in [6.07, 6.45) is 1.60. The minimum Gasteiger partial charge on any atom is -0.444 e. The third-order valence-corrected chi connectivity index (χ3v) is 5.39. The Balaban J connectivity index is 1.93. The molecule has 1 fully saturated rings. The van der Waals surface area contributed by atoms with Crippen LogP contribution in [0.2, 0.25) is 0 Å². The van der Waals surface area contributed by atoms with E-state index in [1.165, 1.54) is 0 Å². The normalized spacial score (nSPS) is 20.2. The molecule has 2 heterocycles. The second kappa shape index (κ2) is 7.75. The SMILES string of the molecule is CC(C)(C)OC(=O)N1CCCC(CS(=O)c2cccc(Br)n2)C1. The average Bonchev–Trinajstić information content (AvgIpc) is 2.45. The maximum atomic E-state index is 12.5. The number of rotatable bonds is 3. The smallest absolute Gasteiger partial charge is 0.410 e. The van der Waals surface area contributed by atoms with Crippen LogP contribution in [-0.2, 0) is 15.5 Å². The predicted octanol–water partition coefficient (Wildman–Crippen LogP) is 3.60. The highest BCUT2D eigenvalue weighted by Crippen LogP contribution is 2.22. The Bertz CT molecular complexity index is 589. The van der Waals surface area contributed by atoms with E-state index in [0.29, 0.717) is 28.5 Å². The number of piperidine rings is 1. The van der Waals surface area contributed by atoms with Crippen molar-refractivity contribution >= 4 is 32.8 Å². The molecule has 0 aliphatic carbocycles. The topological polar surface area (TPSA) is 59.5 Å². The quantitative estimate of drug-likeness (QED) is 0.724. The Hall–Kier alpha value is -0.950. The van der Waals surface area contributed by atoms with Crippen molar-refractivity contribution in [2.45, 2.75) is 44.2 Å². The summed E-state index contributed by atoms with van der Waals surface area (Å²) < 4.78 is 18.6. The number of halogens is 1. The number of hydrogen-bond donors (Lipinski definition) is 0. The van der Waals surface area contributed by atoms with Gasteiger partial charge in [0.1, 0.15) is 15.2 Å². The molecule has 0 aromatic carbocycles. The van der Waals surface area contributed by atoms with Gasteiger partial charge in [-0.25, -0.2) is 9.78 Å². The van der Waals surface area contributed by atoms with E-state index in [4.69, 9.17) is 4.74 Å². The zero-order chi connectivity index (χ0) is 17.0. The first-order valence-corrected chi connectivity index (χ1v) is 9.84. The molecule has 0 N–H and O–H groups in total. The number of aromatic nitrogens is 1. The van der Waals surface area contributed by atoms with Crippen molar-refractivity contribution in [1.82, 2.24) is 9.88 Å². The van der Waals surface area contributed by atoms with Crippen LogP contribution in [-0.4, -0.2) is 44.6 Å². The monoisotopic (exact) mass is 402 g/mol. The summed E-state index contributed by atoms with van der Waals surface area (Å²) in [6.45, 7) is 6.88. The van der Waals surface area contributed by atoms with Gasteiger partial charge < -0.3 is 9.64 Å². The first-order valence-electron chi connectivity index (χ1n) is 7.73. The molecule has 2 unspecified atom stereocenters. The number of carbonyl (C=O) groups is 1. The molecule has 0 radical (unpaired) electrons. The van der Waals surface area contributed by atoms with Crippen molar-refractivity contribution in [3.05, 3.63) is 22.8 Å². The van der Waals surface area contributed by atoms with Crippen molar-refractivity contribution < 1.29 is 13.7 Å². The Morgan fingerprint density at radius 3 is 2.87 bits per heavy atom. The summed E-state index contributed by atoms with van der Waals surface area (Å²) >= 11 is 3.30. The lowest BCUT2D eigenvalue weighted by Crippen LogP contribution is -2.44. The van der Waals surface area contributed by atoms with Gasteiger partial charge in [-0.15, -0.1) is 0 Å². The predicted molar refractivity (Wildman–Crippen MR) is 93.7 cm³/mol. The third-order valence-electron chi connectivity index (χ3n) is 3.48. The molecule has 7 heteroatoms. The minimum absolute atomic E-state index is 0.206. The molecule has 1 aliphatic heterocycles. The molecule has 2 rings (SSSR count). The highest BCUT2D eigenvalue weighted by molar-refractivity contribution is 9.10. The van der Waals surface area contributed by atoms with Crippen LogP contribution in [0.15, 0.2) is 27.8 Å². The first kappa shape index (κ1) is 18.4. The first-order chi connectivity index (χ1) is 10.7. The summed E-state index contributed by atoms with van der Waals surface area (Å²) in [4.78, 5) is 18.1. The summed E-state index contributed by atoms with van der Waals surface area (Å²) in [5.74, 6) is 0.723. The molecule has 1 amide bonds. The van der Waals surface area contributed by atoms with E-state index in [0.717, 1.165) is 12.8 Å². The second-order valence-electron chi connectivity index (χ2n) is 6.75. The molecular weight excluding hydrogens is 380 g/mol. The van der Waals surface area contributed by atoms with Crippen molar-refractivity contribution in [3.63, 3.8) is 0 Å². The van der Waals surface area contributed by atoms with Gasteiger partial charge in [-0.3, -0.25) is 4.21 Å². The molecule has 2 atom stereocenters. The fourth-order valence-corrected chi connectivity index (χ4v) is 4.27. The summed E-state index contributed by atoms with van der Waals surface area (Å²) in [7, 11) is -1.16. The van der Waals surface area contributed by atoms with Crippen LogP contribution < -0.4 is 0 Å². The van der Waals surface area contributed by atoms with E-state index in [-0.39, 0.29) is 12.0 Å². The number of amides is 1. The van der Waals surface area contributed by atoms with Crippen LogP contribution in [0.3, 0.4) is 0 Å². The molecule has 1 aliphatic rings. The molecule has 0 bridgehead atoms. The van der Waals surface area contributed by atoms with Gasteiger partial charge in [0, 0.05) is 18.8 Å². The summed E-state index contributed by atoms with van der Waals surface area (Å²) in [5.41, 5.74) is -0.493. The van der Waals surface area contributed by atoms with E-state index in [9.17, 15) is 9.00 Å². The van der Waals surface area contributed by atoms with Gasteiger partial charge in [-0.05, 0) is 67.6 Å². The van der Waals surface area contributed by atoms with Crippen LogP contribution >= 0.6 is 15.9 Å². The van der Waals surface area contributed by atoms with Crippen LogP contribution in [0.1, 0.15) is 33.6 Å². The Morgan fingerprint density at radius 1 is 1.48 bits per heavy atom. The lowest BCUT2D eigenvalue weighted by atomic mass is 10.0. The van der Waals surface area contributed by atoms with Crippen molar-refractivity contribution in [2.75, 3.05) is 18.8 Å². The fourth-order valence-electron chi connectivity index (χ4n) is 2.51. The minimum atomic E-state index is -1.16. The Labute approximate surface area is 148 Å². The van der Waals surface area contributed by atoms with Crippen LogP contribution in [0.25, 0.3) is 0 Å². The number of hydrogen-bond acceptors (Lipinski definition) is 4. The van der Waals surface area contributed by atoms with Gasteiger partial charge in [0.15, 0.2) is 0 Å². The van der Waals surface area contributed by atoms with Gasteiger partial charge in [0.2, 0.25) is 0 Å². The molecule has 128 valence electrons. The van der Waals surface area contributed by atoms with E-state index >= 15 is 0 Å². The van der Waals surface area contributed by atoms with Crippen LogP contribution in [0, 0.1) is 5.92 Å². The van der Waals surface area contributed by atoms with Crippen molar-refractivity contribution in [3.8, 4) is 0 Å². The van der Waals surface area contributed by atoms with Crippen LogP contribution in [0.5, 0.6) is 0 Å². The second-order valence-corrected chi connectivity index (χ2v) is 9.00. The number of ether oxygens (including phenoxy) is 1. The average molecular weight is 403 g/mol. The molecule has 1 aromatic rings. The van der Waals surface area contributed by atoms with Gasteiger partial charge in [-0.2, -0.15) is 0 Å². The molecule has 1 aromatic heterocycles. The van der Waals surface area contributed by atoms with Gasteiger partial charge in [0.05, 0.1) is 10.8 Å². The zero-order valence-electron chi connectivity index (χ0n) is 13.8. The molecule has 23 heavy (non-hydrogen) atoms. The largest absolute Gasteiger partial charge is 0.444 e. The molecule has 0 spiro atoms. The van der Waals surface area contributed by atoms with E-state index in [1.54, 1.807) is 11.0 Å². The highest BCUT2D eigenvalue weighted by Gasteiger charge is 2.28. The number of likely N-dealkylation sites (tertiary alicyclic amines) is 1. The van der Waals surface area contributed by atoms with E-state index < -0.39 is 16.4 Å². The lowest BCUT2D eigenvalue weighted by molar-refractivity contribution is 0.0176. The number of pyridine rings is 1. The van der Waals surface area contributed by atoms with Crippen molar-refractivity contribution in [2.24, 2.45) is 5.92 Å². The fraction of sp³-hybridized carbons (Fsp3) is 0.625. The van der Waals surface area contributed by atoms with E-state index in [1.807, 2.05) is 32.9 Å². The molecule has 1 saturated heterocycles. The van der Waals surface area contributed by atoms with Gasteiger partial charge >= 0.3 is 6.09 Å². The molecular formula is C16H23BrN2O3S. The van der Waals surface area contributed by atoms with E-state index in [2.05, 4.69) is 20.9 Å². The number of carbonyl (C=O) groups excluding carboxylic acids is 1. The number of nitrogens with zero attached hydrogens (tertiary/aromatic N) is 2. The zero-order valence-corrected chi connectivity index (χ0v) is 16.2. The highest BCUT2D eigenvalue weighted by atomic mass is 79.9. The van der Waals surface area contributed by atoms with Crippen LogP contribution in [0.4, 0.5) is 4.79 Å². The van der Waals surface area contributed by atoms with Crippen molar-refractivity contribution in [1.29, 1.82) is 0 Å². The Kier molecular flexibility index (Phi) is 6.19. The van der Waals surface area contributed by atoms with Gasteiger partial charge in [-0.1, -0.05) is 6.07 Å². The summed E-state index contributed by atoms with van der Waals surface area (Å²) in [6, 6.07) is 5.42. The maximum absolute atomic E-state index is 12.5. The standard InChI is InChI=1S/C16H23BrN2O3S/c1-16(2,3)22-15(20)19-9-5-6-12(10-19)11-23(21)14-8-4-7-13(17)18-14/h4,7-8,12H,5-6,9-11H2,1-3H3. The third kappa shape index (κ3) is 5.88. The molecule has 0 saturated carbocycles.